The Hall–Kier alpha value is 0.110. The maximum Gasteiger partial charge on any atom is 0.0542 e. The van der Waals surface area contributed by atoms with Crippen LogP contribution in [-0.2, 0) is 0 Å². The smallest absolute Gasteiger partial charge is 0.0542 e. The molecule has 0 aromatic heterocycles. The second-order valence-corrected chi connectivity index (χ2v) is 6.34. The first-order valence-electron chi connectivity index (χ1n) is 6.39. The van der Waals surface area contributed by atoms with Crippen molar-refractivity contribution < 1.29 is 0 Å². The molecule has 0 amide bonds. The maximum absolute atomic E-state index is 6.17. The van der Waals surface area contributed by atoms with Crippen LogP contribution in [0.2, 0.25) is 10.0 Å². The Morgan fingerprint density at radius 1 is 1.28 bits per heavy atom. The fourth-order valence-corrected chi connectivity index (χ4v) is 3.48. The summed E-state index contributed by atoms with van der Waals surface area (Å²) < 4.78 is 0. The monoisotopic (exact) mass is 305 g/mol. The van der Waals surface area contributed by atoms with Crippen LogP contribution in [0.1, 0.15) is 27.2 Å². The van der Waals surface area contributed by atoms with Gasteiger partial charge in [-0.1, -0.05) is 50.4 Å². The van der Waals surface area contributed by atoms with Crippen LogP contribution in [0.5, 0.6) is 0 Å². The Bertz CT molecular complexity index is 371. The summed E-state index contributed by atoms with van der Waals surface area (Å²) in [5.41, 5.74) is 0. The summed E-state index contributed by atoms with van der Waals surface area (Å²) in [4.78, 5) is 1.07. The highest BCUT2D eigenvalue weighted by Gasteiger charge is 2.15. The molecule has 1 aromatic carbocycles. The summed E-state index contributed by atoms with van der Waals surface area (Å²) in [5, 5.41) is 5.06. The standard InChI is InChI=1S/C14H21Cl2NS/c1-4-10(3)13(17-5-2)9-18-14-8-11(15)6-7-12(14)16/h6-8,10,13,17H,4-5,9H2,1-3H3. The highest BCUT2D eigenvalue weighted by Crippen LogP contribution is 2.31. The SMILES string of the molecule is CCNC(CSc1cc(Cl)ccc1Cl)C(C)CC. The lowest BCUT2D eigenvalue weighted by Gasteiger charge is -2.23. The Kier molecular flexibility index (Phi) is 7.47. The zero-order valence-electron chi connectivity index (χ0n) is 11.2. The Balaban J connectivity index is 2.63. The quantitative estimate of drug-likeness (QED) is 0.703. The largest absolute Gasteiger partial charge is 0.313 e. The first-order chi connectivity index (χ1) is 8.58. The second kappa shape index (κ2) is 8.31. The van der Waals surface area contributed by atoms with Crippen LogP contribution in [0, 0.1) is 5.92 Å². The molecule has 4 heteroatoms. The lowest BCUT2D eigenvalue weighted by atomic mass is 10.0. The predicted octanol–water partition coefficient (Wildman–Crippen LogP) is 5.11. The van der Waals surface area contributed by atoms with E-state index in [1.807, 2.05) is 18.2 Å². The molecule has 0 radical (unpaired) electrons. The van der Waals surface area contributed by atoms with Crippen molar-refractivity contribution in [2.75, 3.05) is 12.3 Å². The van der Waals surface area contributed by atoms with Gasteiger partial charge in [0.25, 0.3) is 0 Å². The molecule has 0 fully saturated rings. The molecular formula is C14H21Cl2NS. The number of thioether (sulfide) groups is 1. The van der Waals surface area contributed by atoms with E-state index in [-0.39, 0.29) is 0 Å². The van der Waals surface area contributed by atoms with Crippen molar-refractivity contribution in [3.8, 4) is 0 Å². The van der Waals surface area contributed by atoms with Gasteiger partial charge in [0, 0.05) is 21.7 Å². The van der Waals surface area contributed by atoms with Crippen molar-refractivity contribution >= 4 is 35.0 Å². The third kappa shape index (κ3) is 5.00. The van der Waals surface area contributed by atoms with Gasteiger partial charge in [-0.3, -0.25) is 0 Å². The molecule has 2 unspecified atom stereocenters. The zero-order valence-corrected chi connectivity index (χ0v) is 13.5. The molecule has 1 rings (SSSR count). The molecule has 0 aliphatic carbocycles. The third-order valence-electron chi connectivity index (χ3n) is 3.11. The molecule has 0 aliphatic rings. The Morgan fingerprint density at radius 2 is 2.00 bits per heavy atom. The molecule has 1 N–H and O–H groups in total. The van der Waals surface area contributed by atoms with Crippen molar-refractivity contribution in [1.29, 1.82) is 0 Å². The molecule has 0 aliphatic heterocycles. The van der Waals surface area contributed by atoms with Gasteiger partial charge in [-0.25, -0.2) is 0 Å². The molecule has 102 valence electrons. The van der Waals surface area contributed by atoms with Crippen LogP contribution in [0.25, 0.3) is 0 Å². The van der Waals surface area contributed by atoms with E-state index in [4.69, 9.17) is 23.2 Å². The highest BCUT2D eigenvalue weighted by molar-refractivity contribution is 7.99. The fraction of sp³-hybridized carbons (Fsp3) is 0.571. The lowest BCUT2D eigenvalue weighted by Crippen LogP contribution is -2.36. The van der Waals surface area contributed by atoms with Gasteiger partial charge in [-0.15, -0.1) is 11.8 Å². The average Bonchev–Trinajstić information content (AvgIpc) is 2.37. The number of nitrogens with one attached hydrogen (secondary N) is 1. The number of hydrogen-bond acceptors (Lipinski definition) is 2. The summed E-state index contributed by atoms with van der Waals surface area (Å²) in [6, 6.07) is 6.14. The predicted molar refractivity (Wildman–Crippen MR) is 84.1 cm³/mol. The summed E-state index contributed by atoms with van der Waals surface area (Å²) in [5.74, 6) is 1.68. The highest BCUT2D eigenvalue weighted by atomic mass is 35.5. The van der Waals surface area contributed by atoms with E-state index < -0.39 is 0 Å². The summed E-state index contributed by atoms with van der Waals surface area (Å²) in [6.07, 6.45) is 1.18. The van der Waals surface area contributed by atoms with Crippen molar-refractivity contribution in [3.05, 3.63) is 28.2 Å². The first-order valence-corrected chi connectivity index (χ1v) is 8.13. The van der Waals surface area contributed by atoms with Gasteiger partial charge < -0.3 is 5.32 Å². The minimum absolute atomic E-state index is 0.514. The van der Waals surface area contributed by atoms with Crippen LogP contribution in [-0.4, -0.2) is 18.3 Å². The van der Waals surface area contributed by atoms with E-state index in [0.717, 1.165) is 27.2 Å². The number of rotatable bonds is 7. The van der Waals surface area contributed by atoms with Gasteiger partial charge in [0.2, 0.25) is 0 Å². The van der Waals surface area contributed by atoms with E-state index in [2.05, 4.69) is 26.1 Å². The Morgan fingerprint density at radius 3 is 2.61 bits per heavy atom. The number of benzene rings is 1. The average molecular weight is 306 g/mol. The molecule has 0 saturated carbocycles. The molecular weight excluding hydrogens is 285 g/mol. The van der Waals surface area contributed by atoms with Gasteiger partial charge in [0.15, 0.2) is 0 Å². The van der Waals surface area contributed by atoms with Crippen LogP contribution in [0.3, 0.4) is 0 Å². The van der Waals surface area contributed by atoms with Crippen molar-refractivity contribution in [1.82, 2.24) is 5.32 Å². The van der Waals surface area contributed by atoms with Crippen LogP contribution in [0.15, 0.2) is 23.1 Å². The fourth-order valence-electron chi connectivity index (χ4n) is 1.74. The Labute approximate surface area is 125 Å². The number of halogens is 2. The van der Waals surface area contributed by atoms with Gasteiger partial charge >= 0.3 is 0 Å². The maximum atomic E-state index is 6.17. The van der Waals surface area contributed by atoms with E-state index in [0.29, 0.717) is 12.0 Å². The summed E-state index contributed by atoms with van der Waals surface area (Å²) >= 11 is 13.9. The normalized spacial score (nSPS) is 14.5. The van der Waals surface area contributed by atoms with E-state index in [1.165, 1.54) is 6.42 Å². The minimum atomic E-state index is 0.514. The van der Waals surface area contributed by atoms with E-state index >= 15 is 0 Å². The van der Waals surface area contributed by atoms with Crippen molar-refractivity contribution in [2.45, 2.75) is 38.1 Å². The van der Waals surface area contributed by atoms with Gasteiger partial charge in [-0.05, 0) is 30.7 Å². The minimum Gasteiger partial charge on any atom is -0.313 e. The van der Waals surface area contributed by atoms with Gasteiger partial charge in [0.05, 0.1) is 5.02 Å². The van der Waals surface area contributed by atoms with Crippen molar-refractivity contribution in [2.24, 2.45) is 5.92 Å². The third-order valence-corrected chi connectivity index (χ3v) is 4.96. The van der Waals surface area contributed by atoms with Crippen LogP contribution < -0.4 is 5.32 Å². The van der Waals surface area contributed by atoms with E-state index in [1.54, 1.807) is 11.8 Å². The topological polar surface area (TPSA) is 12.0 Å². The van der Waals surface area contributed by atoms with E-state index in [9.17, 15) is 0 Å². The zero-order chi connectivity index (χ0) is 13.5. The summed E-state index contributed by atoms with van der Waals surface area (Å²) in [6.45, 7) is 7.66. The molecule has 2 atom stereocenters. The molecule has 18 heavy (non-hydrogen) atoms. The summed E-state index contributed by atoms with van der Waals surface area (Å²) in [7, 11) is 0. The molecule has 0 spiro atoms. The molecule has 1 nitrogen and oxygen atoms in total. The van der Waals surface area contributed by atoms with Crippen LogP contribution in [0.4, 0.5) is 0 Å². The van der Waals surface area contributed by atoms with Gasteiger partial charge in [-0.2, -0.15) is 0 Å². The molecule has 0 saturated heterocycles. The van der Waals surface area contributed by atoms with Crippen molar-refractivity contribution in [3.63, 3.8) is 0 Å². The molecule has 1 aromatic rings. The first kappa shape index (κ1) is 16.2. The number of hydrogen-bond donors (Lipinski definition) is 1. The molecule has 0 heterocycles. The second-order valence-electron chi connectivity index (χ2n) is 4.44. The molecule has 0 bridgehead atoms. The van der Waals surface area contributed by atoms with Crippen LogP contribution >= 0.6 is 35.0 Å². The van der Waals surface area contributed by atoms with Gasteiger partial charge in [0.1, 0.15) is 0 Å². The lowest BCUT2D eigenvalue weighted by molar-refractivity contribution is 0.404.